The van der Waals surface area contributed by atoms with Gasteiger partial charge in [-0.1, -0.05) is 36.8 Å². The maximum absolute atomic E-state index is 4.80. The van der Waals surface area contributed by atoms with Gasteiger partial charge in [0.25, 0.3) is 0 Å². The quantitative estimate of drug-likeness (QED) is 0.673. The smallest absolute Gasteiger partial charge is 0.0646 e. The van der Waals surface area contributed by atoms with E-state index in [-0.39, 0.29) is 0 Å². The predicted octanol–water partition coefficient (Wildman–Crippen LogP) is 3.77. The van der Waals surface area contributed by atoms with Crippen LogP contribution >= 0.6 is 0 Å². The van der Waals surface area contributed by atoms with Crippen LogP contribution in [-0.4, -0.2) is 11.8 Å². The molecule has 84 valence electrons. The van der Waals surface area contributed by atoms with E-state index < -0.39 is 0 Å². The summed E-state index contributed by atoms with van der Waals surface area (Å²) in [7, 11) is 0. The van der Waals surface area contributed by atoms with Crippen LogP contribution in [0.3, 0.4) is 0 Å². The highest BCUT2D eigenvalue weighted by molar-refractivity contribution is 6.09. The lowest BCUT2D eigenvalue weighted by Crippen LogP contribution is -2.11. The molecule has 0 saturated carbocycles. The third kappa shape index (κ3) is 2.41. The van der Waals surface area contributed by atoms with Crippen LogP contribution < -0.4 is 0 Å². The SMILES string of the molecule is Cc1cccc(C2=NC(C)C(C)CC=C2)c1. The molecule has 1 aromatic carbocycles. The van der Waals surface area contributed by atoms with Gasteiger partial charge in [-0.3, -0.25) is 4.99 Å². The monoisotopic (exact) mass is 213 g/mol. The van der Waals surface area contributed by atoms with Crippen LogP contribution in [0.4, 0.5) is 0 Å². The Labute approximate surface area is 97.9 Å². The molecule has 1 nitrogen and oxygen atoms in total. The van der Waals surface area contributed by atoms with E-state index in [0.29, 0.717) is 12.0 Å². The number of aryl methyl sites for hydroxylation is 1. The van der Waals surface area contributed by atoms with Gasteiger partial charge in [-0.2, -0.15) is 0 Å². The molecule has 1 aliphatic heterocycles. The Morgan fingerprint density at radius 2 is 2.06 bits per heavy atom. The zero-order valence-electron chi connectivity index (χ0n) is 10.3. The van der Waals surface area contributed by atoms with Crippen molar-refractivity contribution in [1.82, 2.24) is 0 Å². The average Bonchev–Trinajstić information content (AvgIpc) is 2.42. The van der Waals surface area contributed by atoms with Crippen LogP contribution in [0.2, 0.25) is 0 Å². The lowest BCUT2D eigenvalue weighted by atomic mass is 10.0. The molecule has 0 aromatic heterocycles. The predicted molar refractivity (Wildman–Crippen MR) is 70.1 cm³/mol. The summed E-state index contributed by atoms with van der Waals surface area (Å²) in [5.74, 6) is 0.638. The standard InChI is InChI=1S/C15H19N/c1-11-6-4-8-14(10-11)15-9-5-7-12(2)13(3)16-15/h4-6,8-10,12-13H,7H2,1-3H3. The van der Waals surface area contributed by atoms with Crippen LogP contribution in [0.15, 0.2) is 41.4 Å². The summed E-state index contributed by atoms with van der Waals surface area (Å²) < 4.78 is 0. The highest BCUT2D eigenvalue weighted by atomic mass is 14.8. The van der Waals surface area contributed by atoms with Crippen molar-refractivity contribution >= 4 is 5.71 Å². The summed E-state index contributed by atoms with van der Waals surface area (Å²) in [6.07, 6.45) is 5.53. The largest absolute Gasteiger partial charge is 0.281 e. The summed E-state index contributed by atoms with van der Waals surface area (Å²) in [5.41, 5.74) is 3.65. The highest BCUT2D eigenvalue weighted by Gasteiger charge is 2.13. The summed E-state index contributed by atoms with van der Waals surface area (Å²) in [5, 5.41) is 0. The van der Waals surface area contributed by atoms with Gasteiger partial charge >= 0.3 is 0 Å². The van der Waals surface area contributed by atoms with Crippen molar-refractivity contribution in [3.63, 3.8) is 0 Å². The molecule has 0 radical (unpaired) electrons. The van der Waals surface area contributed by atoms with E-state index in [1.807, 2.05) is 0 Å². The van der Waals surface area contributed by atoms with Gasteiger partial charge in [-0.15, -0.1) is 0 Å². The van der Waals surface area contributed by atoms with Crippen molar-refractivity contribution in [3.8, 4) is 0 Å². The van der Waals surface area contributed by atoms with Crippen molar-refractivity contribution in [1.29, 1.82) is 0 Å². The van der Waals surface area contributed by atoms with Gasteiger partial charge in [0, 0.05) is 0 Å². The lowest BCUT2D eigenvalue weighted by molar-refractivity contribution is 0.496. The minimum Gasteiger partial charge on any atom is -0.281 e. The minimum absolute atomic E-state index is 0.408. The molecule has 2 atom stereocenters. The molecule has 2 rings (SSSR count). The molecule has 0 fully saturated rings. The zero-order valence-corrected chi connectivity index (χ0v) is 10.3. The van der Waals surface area contributed by atoms with Crippen molar-refractivity contribution in [2.45, 2.75) is 33.2 Å². The van der Waals surface area contributed by atoms with Crippen LogP contribution in [0, 0.1) is 12.8 Å². The minimum atomic E-state index is 0.408. The molecular weight excluding hydrogens is 194 g/mol. The Hall–Kier alpha value is -1.37. The molecule has 1 aliphatic rings. The van der Waals surface area contributed by atoms with E-state index in [2.05, 4.69) is 57.2 Å². The molecule has 2 unspecified atom stereocenters. The van der Waals surface area contributed by atoms with Crippen molar-refractivity contribution < 1.29 is 0 Å². The molecule has 0 amide bonds. The van der Waals surface area contributed by atoms with Gasteiger partial charge in [-0.25, -0.2) is 0 Å². The van der Waals surface area contributed by atoms with E-state index in [0.717, 1.165) is 12.1 Å². The van der Waals surface area contributed by atoms with E-state index >= 15 is 0 Å². The summed E-state index contributed by atoms with van der Waals surface area (Å²) in [4.78, 5) is 4.80. The molecule has 1 heteroatoms. The Kier molecular flexibility index (Phi) is 3.23. The third-order valence-electron chi connectivity index (χ3n) is 3.26. The Bertz CT molecular complexity index is 429. The van der Waals surface area contributed by atoms with Crippen LogP contribution in [0.1, 0.15) is 31.4 Å². The normalized spacial score (nSPS) is 25.1. The maximum atomic E-state index is 4.80. The lowest BCUT2D eigenvalue weighted by Gasteiger charge is -2.12. The molecule has 1 heterocycles. The van der Waals surface area contributed by atoms with E-state index in [9.17, 15) is 0 Å². The molecule has 0 saturated heterocycles. The molecule has 0 N–H and O–H groups in total. The molecule has 0 spiro atoms. The van der Waals surface area contributed by atoms with Gasteiger partial charge in [0.05, 0.1) is 11.8 Å². The number of aliphatic imine (C=N–C) groups is 1. The number of nitrogens with zero attached hydrogens (tertiary/aromatic N) is 1. The molecular formula is C15H19N. The fourth-order valence-electron chi connectivity index (χ4n) is 1.96. The van der Waals surface area contributed by atoms with Gasteiger partial charge in [-0.05, 0) is 43.9 Å². The van der Waals surface area contributed by atoms with Gasteiger partial charge < -0.3 is 0 Å². The van der Waals surface area contributed by atoms with Crippen LogP contribution in [-0.2, 0) is 0 Å². The number of benzene rings is 1. The van der Waals surface area contributed by atoms with Crippen LogP contribution in [0.25, 0.3) is 0 Å². The summed E-state index contributed by atoms with van der Waals surface area (Å²) in [6, 6.07) is 8.96. The van der Waals surface area contributed by atoms with Gasteiger partial charge in [0.2, 0.25) is 0 Å². The van der Waals surface area contributed by atoms with Gasteiger partial charge in [0.15, 0.2) is 0 Å². The topological polar surface area (TPSA) is 12.4 Å². The molecule has 1 aromatic rings. The Morgan fingerprint density at radius 1 is 1.25 bits per heavy atom. The molecule has 0 aliphatic carbocycles. The Morgan fingerprint density at radius 3 is 2.81 bits per heavy atom. The van der Waals surface area contributed by atoms with Crippen molar-refractivity contribution in [2.75, 3.05) is 0 Å². The van der Waals surface area contributed by atoms with Crippen LogP contribution in [0.5, 0.6) is 0 Å². The second-order valence-corrected chi connectivity index (χ2v) is 4.74. The Balaban J connectivity index is 2.36. The second-order valence-electron chi connectivity index (χ2n) is 4.74. The molecule has 0 bridgehead atoms. The van der Waals surface area contributed by atoms with E-state index in [4.69, 9.17) is 4.99 Å². The number of rotatable bonds is 1. The first kappa shape index (κ1) is 11.1. The van der Waals surface area contributed by atoms with E-state index in [1.54, 1.807) is 0 Å². The van der Waals surface area contributed by atoms with E-state index in [1.165, 1.54) is 11.1 Å². The maximum Gasteiger partial charge on any atom is 0.0646 e. The number of hydrogen-bond donors (Lipinski definition) is 0. The first-order valence-corrected chi connectivity index (χ1v) is 5.98. The molecule has 16 heavy (non-hydrogen) atoms. The fourth-order valence-corrected chi connectivity index (χ4v) is 1.96. The average molecular weight is 213 g/mol. The second kappa shape index (κ2) is 4.65. The summed E-state index contributed by atoms with van der Waals surface area (Å²) >= 11 is 0. The zero-order chi connectivity index (χ0) is 11.5. The first-order valence-electron chi connectivity index (χ1n) is 5.98. The first-order chi connectivity index (χ1) is 7.66. The van der Waals surface area contributed by atoms with Crippen molar-refractivity contribution in [2.24, 2.45) is 10.9 Å². The fraction of sp³-hybridized carbons (Fsp3) is 0.400. The number of hydrogen-bond acceptors (Lipinski definition) is 1. The van der Waals surface area contributed by atoms with Crippen molar-refractivity contribution in [3.05, 3.63) is 47.5 Å². The highest BCUT2D eigenvalue weighted by Crippen LogP contribution is 2.18. The number of allylic oxidation sites excluding steroid dienone is 2. The third-order valence-corrected chi connectivity index (χ3v) is 3.26. The van der Waals surface area contributed by atoms with Gasteiger partial charge in [0.1, 0.15) is 0 Å². The summed E-state index contributed by atoms with van der Waals surface area (Å²) in [6.45, 7) is 6.59.